The molecule has 0 spiro atoms. The Hall–Kier alpha value is -2.94. The molecule has 2 aliphatic rings. The van der Waals surface area contributed by atoms with Gasteiger partial charge < -0.3 is 14.8 Å². The number of nitrogens with zero attached hydrogens (tertiary/aromatic N) is 2. The minimum Gasteiger partial charge on any atom is -0.348 e. The lowest BCUT2D eigenvalue weighted by molar-refractivity contribution is 0.0700. The third kappa shape index (κ3) is 4.34. The van der Waals surface area contributed by atoms with Crippen molar-refractivity contribution in [3.05, 3.63) is 69.1 Å². The summed E-state index contributed by atoms with van der Waals surface area (Å²) in [6.45, 7) is 4.44. The van der Waals surface area contributed by atoms with E-state index < -0.39 is 32.5 Å². The minimum absolute atomic E-state index is 0.0215. The molecule has 0 saturated heterocycles. The van der Waals surface area contributed by atoms with Crippen LogP contribution in [0, 0.1) is 6.92 Å². The molecule has 1 aliphatic heterocycles. The highest BCUT2D eigenvalue weighted by Crippen LogP contribution is 2.31. The van der Waals surface area contributed by atoms with Crippen molar-refractivity contribution >= 4 is 21.7 Å². The van der Waals surface area contributed by atoms with Gasteiger partial charge in [-0.1, -0.05) is 29.8 Å². The average Bonchev–Trinajstić information content (AvgIpc) is 3.61. The maximum atomic E-state index is 12.9. The number of aromatic nitrogens is 1. The number of hydrogen-bond acceptors (Lipinski definition) is 5. The number of nitrogens with one attached hydrogen (secondary N) is 1. The first kappa shape index (κ1) is 22.3. The number of sulfone groups is 1. The summed E-state index contributed by atoms with van der Waals surface area (Å²) in [5.41, 5.74) is 1.67. The maximum absolute atomic E-state index is 12.9. The Morgan fingerprint density at radius 3 is 2.44 bits per heavy atom. The minimum atomic E-state index is -3.24. The number of carbonyl (C=O) groups excluding carboxylic acids is 2. The second kappa shape index (κ2) is 8.54. The molecule has 1 aromatic carbocycles. The van der Waals surface area contributed by atoms with Crippen LogP contribution in [0.25, 0.3) is 0 Å². The zero-order chi connectivity index (χ0) is 23.0. The number of amides is 2. The molecule has 0 radical (unpaired) electrons. The van der Waals surface area contributed by atoms with Crippen molar-refractivity contribution in [3.63, 3.8) is 0 Å². The predicted molar refractivity (Wildman–Crippen MR) is 120 cm³/mol. The molecular weight excluding hydrogens is 430 g/mol. The Balaban J connectivity index is 1.46. The molecule has 2 heterocycles. The van der Waals surface area contributed by atoms with Crippen molar-refractivity contribution < 1.29 is 18.0 Å². The molecule has 4 rings (SSSR count). The number of pyridine rings is 1. The topological polar surface area (TPSA) is 106 Å². The summed E-state index contributed by atoms with van der Waals surface area (Å²) in [4.78, 5) is 39.8. The molecule has 170 valence electrons. The second-order valence-corrected chi connectivity index (χ2v) is 11.3. The van der Waals surface area contributed by atoms with Gasteiger partial charge in [0.2, 0.25) is 0 Å². The molecule has 1 aromatic heterocycles. The highest BCUT2D eigenvalue weighted by atomic mass is 32.2. The molecule has 1 saturated carbocycles. The van der Waals surface area contributed by atoms with E-state index in [9.17, 15) is 22.8 Å². The van der Waals surface area contributed by atoms with Crippen LogP contribution in [0.4, 0.5) is 0 Å². The monoisotopic (exact) mass is 457 g/mol. The van der Waals surface area contributed by atoms with E-state index >= 15 is 0 Å². The summed E-state index contributed by atoms with van der Waals surface area (Å²) in [7, 11) is -3.24. The molecule has 32 heavy (non-hydrogen) atoms. The molecule has 1 unspecified atom stereocenters. The number of aryl methyl sites for hydroxylation is 1. The van der Waals surface area contributed by atoms with E-state index in [0.717, 1.165) is 11.1 Å². The number of benzene rings is 1. The van der Waals surface area contributed by atoms with Gasteiger partial charge in [0.25, 0.3) is 17.4 Å². The van der Waals surface area contributed by atoms with Crippen LogP contribution in [0.5, 0.6) is 0 Å². The van der Waals surface area contributed by atoms with Gasteiger partial charge in [0, 0.05) is 26.2 Å². The first-order chi connectivity index (χ1) is 15.2. The zero-order valence-corrected chi connectivity index (χ0v) is 19.0. The van der Waals surface area contributed by atoms with Gasteiger partial charge in [-0.2, -0.15) is 0 Å². The van der Waals surface area contributed by atoms with E-state index in [-0.39, 0.29) is 36.1 Å². The molecule has 8 nitrogen and oxygen atoms in total. The predicted octanol–water partition coefficient (Wildman–Crippen LogP) is 1.51. The van der Waals surface area contributed by atoms with Gasteiger partial charge >= 0.3 is 0 Å². The van der Waals surface area contributed by atoms with Crippen molar-refractivity contribution in [1.29, 1.82) is 0 Å². The molecule has 0 bridgehead atoms. The maximum Gasteiger partial charge on any atom is 0.270 e. The number of fused-ring (bicyclic) bond motifs is 1. The van der Waals surface area contributed by atoms with Gasteiger partial charge in [-0.25, -0.2) is 8.42 Å². The molecule has 1 aliphatic carbocycles. The molecule has 1 fully saturated rings. The molecular formula is C23H27N3O5S. The van der Waals surface area contributed by atoms with Crippen LogP contribution in [-0.4, -0.2) is 53.3 Å². The second-order valence-electron chi connectivity index (χ2n) is 8.61. The van der Waals surface area contributed by atoms with Crippen molar-refractivity contribution in [3.8, 4) is 0 Å². The largest absolute Gasteiger partial charge is 0.348 e. The summed E-state index contributed by atoms with van der Waals surface area (Å²) < 4.78 is 26.2. The van der Waals surface area contributed by atoms with Crippen LogP contribution < -0.4 is 10.9 Å². The van der Waals surface area contributed by atoms with Crippen LogP contribution in [-0.2, 0) is 22.9 Å². The first-order valence-electron chi connectivity index (χ1n) is 10.8. The molecule has 2 amide bonds. The standard InChI is InChI=1S/C23H27N3O5S/c1-15-3-5-17(6-4-15)13-24-21(27)19-9-10-20-23(29)25(11-12-26(20)22(19)28)14-16(2)32(30,31)18-7-8-18/h3-6,9-10,16,18H,7-8,11-14H2,1-2H3,(H,24,27). The molecule has 1 N–H and O–H groups in total. The lowest BCUT2D eigenvalue weighted by atomic mass is 10.1. The molecule has 9 heteroatoms. The van der Waals surface area contributed by atoms with Crippen LogP contribution in [0.15, 0.2) is 41.2 Å². The van der Waals surface area contributed by atoms with E-state index in [4.69, 9.17) is 0 Å². The van der Waals surface area contributed by atoms with E-state index in [1.165, 1.54) is 21.6 Å². The fourth-order valence-corrected chi connectivity index (χ4v) is 5.78. The van der Waals surface area contributed by atoms with Gasteiger partial charge in [0.05, 0.1) is 10.5 Å². The van der Waals surface area contributed by atoms with E-state index in [2.05, 4.69) is 5.32 Å². The van der Waals surface area contributed by atoms with Gasteiger partial charge in [0.15, 0.2) is 9.84 Å². The summed E-state index contributed by atoms with van der Waals surface area (Å²) in [6, 6.07) is 10.5. The van der Waals surface area contributed by atoms with E-state index in [0.29, 0.717) is 19.4 Å². The van der Waals surface area contributed by atoms with Crippen molar-refractivity contribution in [2.45, 2.75) is 50.3 Å². The Morgan fingerprint density at radius 2 is 1.78 bits per heavy atom. The highest BCUT2D eigenvalue weighted by Gasteiger charge is 2.40. The third-order valence-electron chi connectivity index (χ3n) is 6.12. The summed E-state index contributed by atoms with van der Waals surface area (Å²) in [6.07, 6.45) is 1.38. The van der Waals surface area contributed by atoms with E-state index in [1.807, 2.05) is 31.2 Å². The Kier molecular flexibility index (Phi) is 5.94. The van der Waals surface area contributed by atoms with E-state index in [1.54, 1.807) is 6.92 Å². The van der Waals surface area contributed by atoms with Crippen LogP contribution in [0.3, 0.4) is 0 Å². The van der Waals surface area contributed by atoms with Crippen molar-refractivity contribution in [1.82, 2.24) is 14.8 Å². The average molecular weight is 458 g/mol. The Bertz CT molecular complexity index is 1210. The molecule has 2 aromatic rings. The Labute approximate surface area is 187 Å². The highest BCUT2D eigenvalue weighted by molar-refractivity contribution is 7.92. The SMILES string of the molecule is Cc1ccc(CNC(=O)c2ccc3n(c2=O)CCN(CC(C)S(=O)(=O)C2CC2)C3=O)cc1. The van der Waals surface area contributed by atoms with Crippen LogP contribution >= 0.6 is 0 Å². The van der Waals surface area contributed by atoms with Gasteiger partial charge in [-0.15, -0.1) is 0 Å². The van der Waals surface area contributed by atoms with Gasteiger partial charge in [-0.05, 0) is 44.4 Å². The number of rotatable bonds is 7. The fourth-order valence-electron chi connectivity index (χ4n) is 3.94. The van der Waals surface area contributed by atoms with Crippen molar-refractivity contribution in [2.24, 2.45) is 0 Å². The van der Waals surface area contributed by atoms with Crippen LogP contribution in [0.2, 0.25) is 0 Å². The summed E-state index contributed by atoms with van der Waals surface area (Å²) in [5, 5.41) is 1.81. The fraction of sp³-hybridized carbons (Fsp3) is 0.435. The summed E-state index contributed by atoms with van der Waals surface area (Å²) in [5.74, 6) is -0.886. The zero-order valence-electron chi connectivity index (χ0n) is 18.2. The Morgan fingerprint density at radius 1 is 1.09 bits per heavy atom. The van der Waals surface area contributed by atoms with Gasteiger partial charge in [-0.3, -0.25) is 14.4 Å². The number of carbonyl (C=O) groups is 2. The lowest BCUT2D eigenvalue weighted by Gasteiger charge is -2.31. The quantitative estimate of drug-likeness (QED) is 0.679. The smallest absolute Gasteiger partial charge is 0.270 e. The summed E-state index contributed by atoms with van der Waals surface area (Å²) >= 11 is 0. The first-order valence-corrected chi connectivity index (χ1v) is 12.4. The normalized spacial score (nSPS) is 17.1. The molecule has 1 atom stereocenters. The van der Waals surface area contributed by atoms with Crippen LogP contribution in [0.1, 0.15) is 51.7 Å². The van der Waals surface area contributed by atoms with Gasteiger partial charge in [0.1, 0.15) is 11.3 Å². The number of hydrogen-bond donors (Lipinski definition) is 1. The third-order valence-corrected chi connectivity index (χ3v) is 8.79. The van der Waals surface area contributed by atoms with Crippen molar-refractivity contribution in [2.75, 3.05) is 13.1 Å². The lowest BCUT2D eigenvalue weighted by Crippen LogP contribution is -2.49.